The van der Waals surface area contributed by atoms with Crippen molar-refractivity contribution in [3.05, 3.63) is 16.5 Å². The minimum absolute atomic E-state index is 0.615. The summed E-state index contributed by atoms with van der Waals surface area (Å²) >= 11 is 7.37. The van der Waals surface area contributed by atoms with Crippen LogP contribution in [0.15, 0.2) is 12.1 Å². The highest BCUT2D eigenvalue weighted by Gasteiger charge is 2.02. The molecule has 0 spiro atoms. The summed E-state index contributed by atoms with van der Waals surface area (Å²) in [5.74, 6) is 0. The minimum Gasteiger partial charge on any atom is -0.366 e. The van der Waals surface area contributed by atoms with Crippen LogP contribution in [0.2, 0.25) is 4.34 Å². The zero-order valence-corrected chi connectivity index (χ0v) is 9.03. The second kappa shape index (κ2) is 5.11. The molecule has 1 rings (SSSR count). The fourth-order valence-corrected chi connectivity index (χ4v) is 2.03. The molecule has 1 heterocycles. The first-order valence-corrected chi connectivity index (χ1v) is 5.27. The van der Waals surface area contributed by atoms with Gasteiger partial charge < -0.3 is 4.90 Å². The molecule has 4 heteroatoms. The molecule has 0 bridgehead atoms. The maximum atomic E-state index is 8.37. The summed E-state index contributed by atoms with van der Waals surface area (Å²) in [5.41, 5.74) is 0. The van der Waals surface area contributed by atoms with E-state index in [2.05, 4.69) is 11.0 Å². The number of nitrogens with zero attached hydrogens (tertiary/aromatic N) is 2. The molecule has 0 aliphatic rings. The standard InChI is InChI=1S/C9H11ClN2S/c1-12(7-3-2-6-11)9-5-4-8(10)13-9/h4-5H,2-3,7H2,1H3. The smallest absolute Gasteiger partial charge is 0.0950 e. The molecule has 0 unspecified atom stereocenters. The molecule has 0 saturated heterocycles. The number of thiophene rings is 1. The Kier molecular flexibility index (Phi) is 4.07. The number of rotatable bonds is 4. The second-order valence-corrected chi connectivity index (χ2v) is 4.45. The molecule has 0 saturated carbocycles. The third-order valence-corrected chi connectivity index (χ3v) is 3.06. The zero-order valence-electron chi connectivity index (χ0n) is 7.46. The van der Waals surface area contributed by atoms with Gasteiger partial charge in [-0.05, 0) is 18.6 Å². The van der Waals surface area contributed by atoms with E-state index in [1.54, 1.807) is 11.3 Å². The Morgan fingerprint density at radius 3 is 2.92 bits per heavy atom. The maximum Gasteiger partial charge on any atom is 0.0950 e. The topological polar surface area (TPSA) is 27.0 Å². The first kappa shape index (κ1) is 10.4. The summed E-state index contributed by atoms with van der Waals surface area (Å²) in [5, 5.41) is 9.52. The Bertz CT molecular complexity index is 303. The third kappa shape index (κ3) is 3.25. The Morgan fingerprint density at radius 1 is 1.62 bits per heavy atom. The monoisotopic (exact) mass is 214 g/mol. The van der Waals surface area contributed by atoms with Gasteiger partial charge in [0.05, 0.1) is 15.4 Å². The van der Waals surface area contributed by atoms with Crippen molar-refractivity contribution < 1.29 is 0 Å². The first-order chi connectivity index (χ1) is 6.24. The fourth-order valence-electron chi connectivity index (χ4n) is 1.02. The molecule has 13 heavy (non-hydrogen) atoms. The van der Waals surface area contributed by atoms with Gasteiger partial charge in [-0.25, -0.2) is 0 Å². The van der Waals surface area contributed by atoms with Crippen LogP contribution in [0.3, 0.4) is 0 Å². The average Bonchev–Trinajstić information content (AvgIpc) is 2.52. The molecule has 0 radical (unpaired) electrons. The van der Waals surface area contributed by atoms with Crippen molar-refractivity contribution >= 4 is 27.9 Å². The Labute approximate surface area is 87.4 Å². The van der Waals surface area contributed by atoms with E-state index in [0.717, 1.165) is 22.3 Å². The lowest BCUT2D eigenvalue weighted by Gasteiger charge is -2.15. The van der Waals surface area contributed by atoms with Crippen molar-refractivity contribution in [2.24, 2.45) is 0 Å². The van der Waals surface area contributed by atoms with Crippen LogP contribution >= 0.6 is 22.9 Å². The second-order valence-electron chi connectivity index (χ2n) is 2.76. The molecule has 70 valence electrons. The van der Waals surface area contributed by atoms with E-state index in [0.29, 0.717) is 6.42 Å². The SMILES string of the molecule is CN(CCCC#N)c1ccc(Cl)s1. The summed E-state index contributed by atoms with van der Waals surface area (Å²) < 4.78 is 0.808. The van der Waals surface area contributed by atoms with Gasteiger partial charge in [-0.15, -0.1) is 11.3 Å². The Morgan fingerprint density at radius 2 is 2.38 bits per heavy atom. The average molecular weight is 215 g/mol. The number of hydrogen-bond acceptors (Lipinski definition) is 3. The number of halogens is 1. The van der Waals surface area contributed by atoms with Crippen LogP contribution in [0.25, 0.3) is 0 Å². The quantitative estimate of drug-likeness (QED) is 0.720. The minimum atomic E-state index is 0.615. The van der Waals surface area contributed by atoms with Gasteiger partial charge in [0.25, 0.3) is 0 Å². The number of nitriles is 1. The fraction of sp³-hybridized carbons (Fsp3) is 0.444. The van der Waals surface area contributed by atoms with Gasteiger partial charge >= 0.3 is 0 Å². The van der Waals surface area contributed by atoms with Crippen molar-refractivity contribution in [2.75, 3.05) is 18.5 Å². The third-order valence-electron chi connectivity index (χ3n) is 1.72. The van der Waals surface area contributed by atoms with Crippen LogP contribution in [-0.2, 0) is 0 Å². The van der Waals surface area contributed by atoms with Gasteiger partial charge in [0.2, 0.25) is 0 Å². The molecule has 0 aromatic carbocycles. The van der Waals surface area contributed by atoms with Crippen LogP contribution < -0.4 is 4.90 Å². The van der Waals surface area contributed by atoms with Crippen LogP contribution in [0.4, 0.5) is 5.00 Å². The largest absolute Gasteiger partial charge is 0.366 e. The predicted molar refractivity (Wildman–Crippen MR) is 57.4 cm³/mol. The molecule has 0 N–H and O–H groups in total. The molecule has 0 fully saturated rings. The summed E-state index contributed by atoms with van der Waals surface area (Å²) in [6.07, 6.45) is 1.52. The zero-order chi connectivity index (χ0) is 9.68. The molecular weight excluding hydrogens is 204 g/mol. The molecular formula is C9H11ClN2S. The lowest BCUT2D eigenvalue weighted by Crippen LogP contribution is -2.16. The summed E-state index contributed by atoms with van der Waals surface area (Å²) in [6, 6.07) is 6.02. The molecule has 1 aromatic heterocycles. The van der Waals surface area contributed by atoms with Gasteiger partial charge in [0.15, 0.2) is 0 Å². The number of anilines is 1. The number of unbranched alkanes of at least 4 members (excludes halogenated alkanes) is 1. The van der Waals surface area contributed by atoms with Crippen molar-refractivity contribution in [1.82, 2.24) is 0 Å². The lowest BCUT2D eigenvalue weighted by atomic mass is 10.3. The molecule has 1 aromatic rings. The first-order valence-electron chi connectivity index (χ1n) is 4.07. The summed E-state index contributed by atoms with van der Waals surface area (Å²) in [7, 11) is 2.01. The summed E-state index contributed by atoms with van der Waals surface area (Å²) in [6.45, 7) is 0.907. The normalized spacial score (nSPS) is 9.62. The predicted octanol–water partition coefficient (Wildman–Crippen LogP) is 3.14. The van der Waals surface area contributed by atoms with Crippen LogP contribution in [0.5, 0.6) is 0 Å². The van der Waals surface area contributed by atoms with Crippen LogP contribution in [0, 0.1) is 11.3 Å². The van der Waals surface area contributed by atoms with E-state index in [4.69, 9.17) is 16.9 Å². The van der Waals surface area contributed by atoms with E-state index in [1.165, 1.54) is 0 Å². The maximum absolute atomic E-state index is 8.37. The highest BCUT2D eigenvalue weighted by Crippen LogP contribution is 2.28. The lowest BCUT2D eigenvalue weighted by molar-refractivity contribution is 0.812. The molecule has 0 aliphatic carbocycles. The van der Waals surface area contributed by atoms with Gasteiger partial charge in [-0.2, -0.15) is 5.26 Å². The Balaban J connectivity index is 2.40. The molecule has 0 atom stereocenters. The van der Waals surface area contributed by atoms with Gasteiger partial charge in [-0.1, -0.05) is 11.6 Å². The molecule has 0 amide bonds. The van der Waals surface area contributed by atoms with Gasteiger partial charge in [-0.3, -0.25) is 0 Å². The molecule has 0 aliphatic heterocycles. The van der Waals surface area contributed by atoms with Crippen LogP contribution in [0.1, 0.15) is 12.8 Å². The van der Waals surface area contributed by atoms with Crippen molar-refractivity contribution in [1.29, 1.82) is 5.26 Å². The molecule has 2 nitrogen and oxygen atoms in total. The van der Waals surface area contributed by atoms with Crippen molar-refractivity contribution in [3.8, 4) is 6.07 Å². The van der Waals surface area contributed by atoms with E-state index in [-0.39, 0.29) is 0 Å². The van der Waals surface area contributed by atoms with Gasteiger partial charge in [0.1, 0.15) is 0 Å². The number of hydrogen-bond donors (Lipinski definition) is 0. The highest BCUT2D eigenvalue weighted by molar-refractivity contribution is 7.19. The van der Waals surface area contributed by atoms with E-state index >= 15 is 0 Å². The van der Waals surface area contributed by atoms with Crippen molar-refractivity contribution in [3.63, 3.8) is 0 Å². The van der Waals surface area contributed by atoms with E-state index in [1.807, 2.05) is 19.2 Å². The van der Waals surface area contributed by atoms with E-state index in [9.17, 15) is 0 Å². The summed E-state index contributed by atoms with van der Waals surface area (Å²) in [4.78, 5) is 2.12. The highest BCUT2D eigenvalue weighted by atomic mass is 35.5. The van der Waals surface area contributed by atoms with E-state index < -0.39 is 0 Å². The van der Waals surface area contributed by atoms with Crippen molar-refractivity contribution in [2.45, 2.75) is 12.8 Å². The van der Waals surface area contributed by atoms with Gasteiger partial charge in [0, 0.05) is 20.0 Å². The Hall–Kier alpha value is -0.720. The van der Waals surface area contributed by atoms with Crippen LogP contribution in [-0.4, -0.2) is 13.6 Å².